The molecule has 0 unspecified atom stereocenters. The second-order valence-electron chi connectivity index (χ2n) is 9.01. The Bertz CT molecular complexity index is 1440. The topological polar surface area (TPSA) is 140 Å². The van der Waals surface area contributed by atoms with E-state index >= 15 is 0 Å². The number of primary amides is 1. The van der Waals surface area contributed by atoms with Crippen LogP contribution in [0.2, 0.25) is 0 Å². The zero-order chi connectivity index (χ0) is 26.2. The van der Waals surface area contributed by atoms with Crippen LogP contribution in [0.1, 0.15) is 52.0 Å². The molecule has 4 rings (SSSR count). The zero-order valence-corrected chi connectivity index (χ0v) is 21.2. The summed E-state index contributed by atoms with van der Waals surface area (Å²) < 4.78 is 41.4. The Morgan fingerprint density at radius 2 is 1.89 bits per heavy atom. The number of hydrogen-bond acceptors (Lipinski definition) is 6. The van der Waals surface area contributed by atoms with Gasteiger partial charge in [-0.1, -0.05) is 0 Å². The van der Waals surface area contributed by atoms with E-state index in [9.17, 15) is 22.4 Å². The number of nitrogens with two attached hydrogens (primary N) is 1. The van der Waals surface area contributed by atoms with Crippen LogP contribution in [0.3, 0.4) is 0 Å². The summed E-state index contributed by atoms with van der Waals surface area (Å²) in [6, 6.07) is 5.09. The van der Waals surface area contributed by atoms with Crippen LogP contribution in [0.25, 0.3) is 10.9 Å². The van der Waals surface area contributed by atoms with Crippen molar-refractivity contribution in [1.29, 1.82) is 0 Å². The number of piperidine rings is 1. The number of anilines is 1. The van der Waals surface area contributed by atoms with Gasteiger partial charge < -0.3 is 11.1 Å². The maximum absolute atomic E-state index is 13.7. The monoisotopic (exact) mass is 516 g/mol. The normalized spacial score (nSPS) is 15.3. The number of halogens is 1. The first kappa shape index (κ1) is 25.7. The van der Waals surface area contributed by atoms with E-state index in [-0.39, 0.29) is 28.4 Å². The van der Waals surface area contributed by atoms with Crippen LogP contribution in [0.5, 0.6) is 0 Å². The molecule has 0 aliphatic carbocycles. The van der Waals surface area contributed by atoms with Crippen molar-refractivity contribution >= 4 is 38.4 Å². The Morgan fingerprint density at radius 3 is 2.53 bits per heavy atom. The van der Waals surface area contributed by atoms with E-state index in [1.807, 2.05) is 11.6 Å². The highest BCUT2D eigenvalue weighted by molar-refractivity contribution is 7.89. The van der Waals surface area contributed by atoms with E-state index in [2.05, 4.69) is 15.4 Å². The standard InChI is InChI=1S/C24H29FN6O4S/c1-4-36(34,35)30-9-7-16(8-10-30)13-31-15(3)22(14(2)29-31)28-24(33)19-12-21(23(26)32)27-20-11-17(25)5-6-18(19)20/h5-6,11-12,16H,4,7-10,13H2,1-3H3,(H2,26,32)(H,28,33). The van der Waals surface area contributed by atoms with Crippen molar-refractivity contribution in [3.63, 3.8) is 0 Å². The van der Waals surface area contributed by atoms with Gasteiger partial charge in [0.05, 0.1) is 33.9 Å². The molecule has 12 heteroatoms. The second-order valence-corrected chi connectivity index (χ2v) is 11.3. The molecule has 0 radical (unpaired) electrons. The lowest BCUT2D eigenvalue weighted by molar-refractivity contribution is 0.0996. The third-order valence-electron chi connectivity index (χ3n) is 6.65. The van der Waals surface area contributed by atoms with E-state index in [1.54, 1.807) is 18.2 Å². The lowest BCUT2D eigenvalue weighted by Gasteiger charge is -2.31. The molecule has 0 spiro atoms. The summed E-state index contributed by atoms with van der Waals surface area (Å²) in [5, 5.41) is 7.85. The van der Waals surface area contributed by atoms with Crippen LogP contribution in [0.4, 0.5) is 10.1 Å². The Kier molecular flexibility index (Phi) is 7.10. The van der Waals surface area contributed by atoms with E-state index < -0.39 is 27.7 Å². The minimum absolute atomic E-state index is 0.0980. The first-order valence-corrected chi connectivity index (χ1v) is 13.3. The number of aromatic nitrogens is 3. The quantitative estimate of drug-likeness (QED) is 0.495. The number of amides is 2. The maximum atomic E-state index is 13.7. The van der Waals surface area contributed by atoms with E-state index in [0.29, 0.717) is 36.4 Å². The molecule has 2 aromatic heterocycles. The van der Waals surface area contributed by atoms with Gasteiger partial charge in [0, 0.05) is 31.1 Å². The first-order valence-electron chi connectivity index (χ1n) is 11.7. The highest BCUT2D eigenvalue weighted by Crippen LogP contribution is 2.27. The SMILES string of the molecule is CCS(=O)(=O)N1CCC(Cn2nc(C)c(NC(=O)c3cc(C(N)=O)nc4cc(F)ccc34)c2C)CC1. The van der Waals surface area contributed by atoms with Crippen LogP contribution >= 0.6 is 0 Å². The summed E-state index contributed by atoms with van der Waals surface area (Å²) in [5.74, 6) is -1.52. The number of sulfonamides is 1. The summed E-state index contributed by atoms with van der Waals surface area (Å²) in [6.45, 7) is 6.86. The number of benzene rings is 1. The van der Waals surface area contributed by atoms with Crippen LogP contribution < -0.4 is 11.1 Å². The molecule has 10 nitrogen and oxygen atoms in total. The number of nitrogens with one attached hydrogen (secondary N) is 1. The predicted molar refractivity (Wildman–Crippen MR) is 134 cm³/mol. The fourth-order valence-corrected chi connectivity index (χ4v) is 5.68. The Labute approximate surface area is 208 Å². The van der Waals surface area contributed by atoms with Crippen molar-refractivity contribution in [2.75, 3.05) is 24.2 Å². The largest absolute Gasteiger partial charge is 0.364 e. The molecular weight excluding hydrogens is 487 g/mol. The van der Waals surface area contributed by atoms with Crippen molar-refractivity contribution in [3.05, 3.63) is 52.7 Å². The van der Waals surface area contributed by atoms with Gasteiger partial charge in [-0.3, -0.25) is 14.3 Å². The summed E-state index contributed by atoms with van der Waals surface area (Å²) in [6.07, 6.45) is 1.46. The average Bonchev–Trinajstić information content (AvgIpc) is 3.10. The van der Waals surface area contributed by atoms with E-state index in [0.717, 1.165) is 24.6 Å². The Morgan fingerprint density at radius 1 is 1.19 bits per heavy atom. The minimum atomic E-state index is -3.19. The molecule has 1 aliphatic heterocycles. The van der Waals surface area contributed by atoms with Gasteiger partial charge in [0.25, 0.3) is 11.8 Å². The van der Waals surface area contributed by atoms with E-state index in [4.69, 9.17) is 5.73 Å². The number of aryl methyl sites for hydroxylation is 1. The van der Waals surface area contributed by atoms with Crippen molar-refractivity contribution in [2.24, 2.45) is 11.7 Å². The van der Waals surface area contributed by atoms with Gasteiger partial charge in [0.2, 0.25) is 10.0 Å². The van der Waals surface area contributed by atoms with Crippen LogP contribution in [-0.4, -0.2) is 58.1 Å². The number of rotatable bonds is 7. The molecule has 3 aromatic rings. The number of hydrogen-bond donors (Lipinski definition) is 2. The molecule has 2 amide bonds. The third-order valence-corrected chi connectivity index (χ3v) is 8.53. The van der Waals surface area contributed by atoms with Gasteiger partial charge in [-0.15, -0.1) is 0 Å². The van der Waals surface area contributed by atoms with Crippen molar-refractivity contribution in [2.45, 2.75) is 40.2 Å². The molecule has 0 saturated carbocycles. The molecule has 3 N–H and O–H groups in total. The molecular formula is C24H29FN6O4S. The lowest BCUT2D eigenvalue weighted by atomic mass is 9.98. The van der Waals surface area contributed by atoms with Crippen molar-refractivity contribution in [1.82, 2.24) is 19.1 Å². The number of nitrogens with zero attached hydrogens (tertiary/aromatic N) is 4. The molecule has 1 saturated heterocycles. The highest BCUT2D eigenvalue weighted by atomic mass is 32.2. The summed E-state index contributed by atoms with van der Waals surface area (Å²) in [7, 11) is -3.19. The molecule has 1 aliphatic rings. The third kappa shape index (κ3) is 5.09. The van der Waals surface area contributed by atoms with Gasteiger partial charge >= 0.3 is 0 Å². The fraction of sp³-hybridized carbons (Fsp3) is 0.417. The molecule has 0 bridgehead atoms. The average molecular weight is 517 g/mol. The molecule has 0 atom stereocenters. The summed E-state index contributed by atoms with van der Waals surface area (Å²) in [4.78, 5) is 29.1. The molecule has 36 heavy (non-hydrogen) atoms. The van der Waals surface area contributed by atoms with Gasteiger partial charge in [0.1, 0.15) is 11.5 Å². The smallest absolute Gasteiger partial charge is 0.267 e. The van der Waals surface area contributed by atoms with Crippen molar-refractivity contribution < 1.29 is 22.4 Å². The molecule has 3 heterocycles. The Hall–Kier alpha value is -3.38. The second kappa shape index (κ2) is 9.94. The fourth-order valence-electron chi connectivity index (χ4n) is 4.55. The van der Waals surface area contributed by atoms with Gasteiger partial charge in [-0.25, -0.2) is 22.1 Å². The summed E-state index contributed by atoms with van der Waals surface area (Å²) >= 11 is 0. The van der Waals surface area contributed by atoms with Crippen LogP contribution in [-0.2, 0) is 16.6 Å². The lowest BCUT2D eigenvalue weighted by Crippen LogP contribution is -2.40. The van der Waals surface area contributed by atoms with Crippen LogP contribution in [0.15, 0.2) is 24.3 Å². The Balaban J connectivity index is 1.54. The number of fused-ring (bicyclic) bond motifs is 1. The number of carbonyl (C=O) groups is 2. The van der Waals surface area contributed by atoms with Gasteiger partial charge in [-0.2, -0.15) is 5.10 Å². The van der Waals surface area contributed by atoms with E-state index in [1.165, 1.54) is 18.2 Å². The maximum Gasteiger partial charge on any atom is 0.267 e. The summed E-state index contributed by atoms with van der Waals surface area (Å²) in [5.41, 5.74) is 7.43. The number of pyridine rings is 1. The molecule has 1 fully saturated rings. The first-order chi connectivity index (χ1) is 17.0. The van der Waals surface area contributed by atoms with Gasteiger partial charge in [-0.05, 0) is 57.7 Å². The zero-order valence-electron chi connectivity index (χ0n) is 20.4. The predicted octanol–water partition coefficient (Wildman–Crippen LogP) is 2.60. The molecule has 192 valence electrons. The van der Waals surface area contributed by atoms with Crippen LogP contribution in [0, 0.1) is 25.6 Å². The minimum Gasteiger partial charge on any atom is -0.364 e. The highest BCUT2D eigenvalue weighted by Gasteiger charge is 2.28. The number of carbonyl (C=O) groups excluding carboxylic acids is 2. The van der Waals surface area contributed by atoms with Crippen molar-refractivity contribution in [3.8, 4) is 0 Å². The van der Waals surface area contributed by atoms with Gasteiger partial charge in [0.15, 0.2) is 0 Å². The molecule has 1 aromatic carbocycles.